The second kappa shape index (κ2) is 11.0. The normalized spacial score (nSPS) is 20.8. The van der Waals surface area contributed by atoms with Crippen LogP contribution in [0.3, 0.4) is 0 Å². The summed E-state index contributed by atoms with van der Waals surface area (Å²) in [6.07, 6.45) is 1.49. The van der Waals surface area contributed by atoms with Gasteiger partial charge in [0, 0.05) is 16.5 Å². The van der Waals surface area contributed by atoms with Crippen molar-refractivity contribution in [1.82, 2.24) is 4.98 Å². The largest absolute Gasteiger partial charge is 0.451 e. The van der Waals surface area contributed by atoms with Gasteiger partial charge in [0.2, 0.25) is 17.6 Å². The number of nitrogens with zero attached hydrogens (tertiary/aromatic N) is 2. The van der Waals surface area contributed by atoms with Crippen molar-refractivity contribution in [2.45, 2.75) is 46.1 Å². The molecule has 1 aliphatic heterocycles. The number of aryl methyl sites for hydroxylation is 1. The molecule has 1 saturated carbocycles. The lowest BCUT2D eigenvalue weighted by Gasteiger charge is -2.25. The Morgan fingerprint density at radius 2 is 1.62 bits per heavy atom. The fraction of sp³-hybridized carbons (Fsp3) is 0.286. The lowest BCUT2D eigenvalue weighted by Crippen LogP contribution is -2.30. The van der Waals surface area contributed by atoms with Crippen LogP contribution in [-0.4, -0.2) is 34.7 Å². The first-order chi connectivity index (χ1) is 20.2. The average Bonchev–Trinajstić information content (AvgIpc) is 3.25. The maximum absolute atomic E-state index is 13.5. The number of benzene rings is 3. The first-order valence-corrected chi connectivity index (χ1v) is 14.4. The van der Waals surface area contributed by atoms with Crippen LogP contribution in [0.4, 0.5) is 5.69 Å². The number of amides is 2. The molecule has 1 saturated heterocycles. The quantitative estimate of drug-likeness (QED) is 0.151. The van der Waals surface area contributed by atoms with Crippen molar-refractivity contribution in [2.24, 2.45) is 17.8 Å². The van der Waals surface area contributed by atoms with Crippen molar-refractivity contribution >= 4 is 40.2 Å². The number of anilines is 1. The number of carbonyl (C=O) groups excluding carboxylic acids is 4. The first kappa shape index (κ1) is 27.5. The van der Waals surface area contributed by atoms with Crippen molar-refractivity contribution in [3.63, 3.8) is 0 Å². The second-order valence-corrected chi connectivity index (χ2v) is 11.5. The van der Waals surface area contributed by atoms with Crippen molar-refractivity contribution in [2.75, 3.05) is 4.90 Å². The van der Waals surface area contributed by atoms with Gasteiger partial charge in [0.15, 0.2) is 6.10 Å². The number of hydrogen-bond acceptors (Lipinski definition) is 6. The summed E-state index contributed by atoms with van der Waals surface area (Å²) in [5, 5.41) is 0.629. The molecule has 212 valence electrons. The third-order valence-electron chi connectivity index (χ3n) is 8.50. The van der Waals surface area contributed by atoms with E-state index in [-0.39, 0.29) is 29.4 Å². The van der Waals surface area contributed by atoms with Gasteiger partial charge >= 0.3 is 5.97 Å². The Hall–Kier alpha value is -4.65. The number of ketones is 1. The van der Waals surface area contributed by atoms with Crippen LogP contribution in [0.2, 0.25) is 0 Å². The molecule has 1 aromatic heterocycles. The van der Waals surface area contributed by atoms with E-state index >= 15 is 0 Å². The predicted molar refractivity (Wildman–Crippen MR) is 160 cm³/mol. The minimum absolute atomic E-state index is 0.118. The molecule has 2 fully saturated rings. The van der Waals surface area contributed by atoms with E-state index < -0.39 is 12.1 Å². The monoisotopic (exact) mass is 560 g/mol. The maximum Gasteiger partial charge on any atom is 0.339 e. The summed E-state index contributed by atoms with van der Waals surface area (Å²) < 4.78 is 5.66. The zero-order chi connectivity index (χ0) is 29.5. The highest BCUT2D eigenvalue weighted by molar-refractivity contribution is 6.22. The zero-order valence-electron chi connectivity index (χ0n) is 23.9. The molecule has 7 heteroatoms. The zero-order valence-corrected chi connectivity index (χ0v) is 23.9. The molecule has 6 rings (SSSR count). The molecule has 2 amide bonds. The lowest BCUT2D eigenvalue weighted by atomic mass is 9.76. The van der Waals surface area contributed by atoms with Gasteiger partial charge in [-0.25, -0.2) is 9.78 Å². The van der Waals surface area contributed by atoms with Crippen LogP contribution in [0, 0.1) is 24.7 Å². The van der Waals surface area contributed by atoms with Gasteiger partial charge in [-0.05, 0) is 69.4 Å². The number of pyridine rings is 1. The van der Waals surface area contributed by atoms with Gasteiger partial charge in [-0.3, -0.25) is 19.3 Å². The van der Waals surface area contributed by atoms with Gasteiger partial charge in [0.05, 0.1) is 34.3 Å². The maximum atomic E-state index is 13.5. The Labute approximate surface area is 244 Å². The molecule has 0 N–H and O–H groups in total. The highest BCUT2D eigenvalue weighted by atomic mass is 16.5. The first-order valence-electron chi connectivity index (χ1n) is 14.4. The van der Waals surface area contributed by atoms with Crippen LogP contribution in [0.1, 0.15) is 59.4 Å². The molecule has 4 atom stereocenters. The molecular formula is C35H32N2O5. The summed E-state index contributed by atoms with van der Waals surface area (Å²) in [7, 11) is 0. The molecule has 2 aliphatic rings. The number of carbonyl (C=O) groups is 4. The Bertz CT molecular complexity index is 1710. The summed E-state index contributed by atoms with van der Waals surface area (Å²) in [5.41, 5.74) is 4.14. The molecule has 0 bridgehead atoms. The van der Waals surface area contributed by atoms with E-state index in [1.165, 1.54) is 4.90 Å². The lowest BCUT2D eigenvalue weighted by molar-refractivity contribution is -0.122. The molecule has 1 aliphatic carbocycles. The number of imide groups is 1. The van der Waals surface area contributed by atoms with Crippen molar-refractivity contribution in [3.8, 4) is 11.3 Å². The highest BCUT2D eigenvalue weighted by Crippen LogP contribution is 2.42. The average molecular weight is 561 g/mol. The third-order valence-corrected chi connectivity index (χ3v) is 8.50. The minimum atomic E-state index is -0.974. The Kier molecular flexibility index (Phi) is 7.19. The number of ether oxygens (including phenoxy) is 1. The fourth-order valence-electron chi connectivity index (χ4n) is 6.20. The predicted octanol–water partition coefficient (Wildman–Crippen LogP) is 6.56. The fourth-order valence-corrected chi connectivity index (χ4v) is 6.20. The summed E-state index contributed by atoms with van der Waals surface area (Å²) in [4.78, 5) is 58.8. The van der Waals surface area contributed by atoms with Crippen molar-refractivity contribution in [3.05, 3.63) is 95.6 Å². The number of aromatic nitrogens is 1. The van der Waals surface area contributed by atoms with E-state index in [1.807, 2.05) is 31.2 Å². The third kappa shape index (κ3) is 5.00. The number of rotatable bonds is 6. The van der Waals surface area contributed by atoms with Gasteiger partial charge in [-0.1, -0.05) is 61.0 Å². The van der Waals surface area contributed by atoms with Crippen LogP contribution >= 0.6 is 0 Å². The Morgan fingerprint density at radius 3 is 2.36 bits per heavy atom. The molecule has 4 aromatic rings. The van der Waals surface area contributed by atoms with Crippen LogP contribution in [-0.2, 0) is 14.3 Å². The van der Waals surface area contributed by atoms with Crippen LogP contribution < -0.4 is 4.90 Å². The van der Waals surface area contributed by atoms with Gasteiger partial charge in [0.1, 0.15) is 0 Å². The molecule has 42 heavy (non-hydrogen) atoms. The van der Waals surface area contributed by atoms with E-state index in [1.54, 1.807) is 61.5 Å². The van der Waals surface area contributed by atoms with Gasteiger partial charge in [-0.2, -0.15) is 0 Å². The molecular weight excluding hydrogens is 528 g/mol. The summed E-state index contributed by atoms with van der Waals surface area (Å²) in [5.74, 6) is -1.17. The van der Waals surface area contributed by atoms with E-state index in [0.717, 1.165) is 24.8 Å². The SMILES string of the molecule is Cc1ccc2nc(-c3ccc(N4C(=O)C5CCC(C)CC5C4=O)cc3)cc(C(=O)OC(C)C(=O)c3ccccc3)c2c1. The Balaban J connectivity index is 1.30. The molecule has 4 unspecified atom stereocenters. The van der Waals surface area contributed by atoms with E-state index in [2.05, 4.69) is 6.92 Å². The van der Waals surface area contributed by atoms with Crippen LogP contribution in [0.25, 0.3) is 22.2 Å². The number of fused-ring (bicyclic) bond motifs is 2. The number of hydrogen-bond donors (Lipinski definition) is 0. The van der Waals surface area contributed by atoms with Crippen LogP contribution in [0.5, 0.6) is 0 Å². The minimum Gasteiger partial charge on any atom is -0.451 e. The smallest absolute Gasteiger partial charge is 0.339 e. The van der Waals surface area contributed by atoms with Crippen molar-refractivity contribution < 1.29 is 23.9 Å². The topological polar surface area (TPSA) is 93.6 Å². The highest BCUT2D eigenvalue weighted by Gasteiger charge is 2.49. The van der Waals surface area contributed by atoms with E-state index in [9.17, 15) is 19.2 Å². The standard InChI is InChI=1S/C35H32N2O5/c1-20-9-15-26-28(18-20)34(40)37(33(26)39)25-13-11-23(12-14-25)31-19-29(27-17-21(2)10-16-30(27)36-31)35(41)42-22(3)32(38)24-7-5-4-6-8-24/h4-8,10-14,16-17,19-20,22,26,28H,9,15,18H2,1-3H3. The number of esters is 1. The summed E-state index contributed by atoms with van der Waals surface area (Å²) >= 11 is 0. The molecule has 2 heterocycles. The molecule has 0 radical (unpaired) electrons. The van der Waals surface area contributed by atoms with Crippen LogP contribution in [0.15, 0.2) is 78.9 Å². The summed E-state index contributed by atoms with van der Waals surface area (Å²) in [6, 6.07) is 23.2. The summed E-state index contributed by atoms with van der Waals surface area (Å²) in [6.45, 7) is 5.63. The van der Waals surface area contributed by atoms with Gasteiger partial charge in [-0.15, -0.1) is 0 Å². The van der Waals surface area contributed by atoms with Gasteiger partial charge in [0.25, 0.3) is 0 Å². The number of Topliss-reactive ketones (excluding diaryl/α,β-unsaturated/α-hetero) is 1. The Morgan fingerprint density at radius 1 is 0.905 bits per heavy atom. The van der Waals surface area contributed by atoms with Gasteiger partial charge < -0.3 is 4.74 Å². The van der Waals surface area contributed by atoms with E-state index in [0.29, 0.717) is 44.9 Å². The molecule has 3 aromatic carbocycles. The van der Waals surface area contributed by atoms with E-state index in [4.69, 9.17) is 9.72 Å². The molecule has 7 nitrogen and oxygen atoms in total. The second-order valence-electron chi connectivity index (χ2n) is 11.5. The van der Waals surface area contributed by atoms with Crippen molar-refractivity contribution in [1.29, 1.82) is 0 Å². The molecule has 0 spiro atoms.